The number of carbonyl (C=O) groups is 1. The van der Waals surface area contributed by atoms with Crippen LogP contribution in [0, 0.1) is 0 Å². The highest BCUT2D eigenvalue weighted by Gasteiger charge is 2.24. The Morgan fingerprint density at radius 1 is 1.12 bits per heavy atom. The molecule has 1 aliphatic rings. The molecule has 0 bridgehead atoms. The fourth-order valence-corrected chi connectivity index (χ4v) is 2.39. The van der Waals surface area contributed by atoms with Gasteiger partial charge in [-0.3, -0.25) is 4.79 Å². The van der Waals surface area contributed by atoms with Gasteiger partial charge in [0.1, 0.15) is 5.76 Å². The summed E-state index contributed by atoms with van der Waals surface area (Å²) in [5.41, 5.74) is 2.63. The Hall–Kier alpha value is -1.54. The molecular weight excluding hydrogens is 236 g/mol. The minimum Gasteiger partial charge on any atom is -0.468 e. The first kappa shape index (κ1) is 10.6. The van der Waals surface area contributed by atoms with Crippen LogP contribution in [0.2, 0.25) is 5.02 Å². The van der Waals surface area contributed by atoms with Gasteiger partial charge in [-0.1, -0.05) is 23.7 Å². The van der Waals surface area contributed by atoms with Crippen molar-refractivity contribution >= 4 is 17.4 Å². The molecule has 1 heterocycles. The van der Waals surface area contributed by atoms with Gasteiger partial charge in [0.15, 0.2) is 5.78 Å². The van der Waals surface area contributed by atoms with Crippen LogP contribution in [0.1, 0.15) is 29.0 Å². The number of hydrogen-bond donors (Lipinski definition) is 0. The van der Waals surface area contributed by atoms with Gasteiger partial charge in [-0.15, -0.1) is 0 Å². The maximum atomic E-state index is 11.9. The molecule has 86 valence electrons. The molecule has 0 N–H and O–H groups in total. The molecule has 1 aromatic carbocycles. The lowest BCUT2D eigenvalue weighted by Gasteiger charge is -2.10. The van der Waals surface area contributed by atoms with Crippen LogP contribution in [-0.2, 0) is 6.42 Å². The lowest BCUT2D eigenvalue weighted by atomic mass is 9.91. The highest BCUT2D eigenvalue weighted by atomic mass is 35.5. The van der Waals surface area contributed by atoms with E-state index in [4.69, 9.17) is 16.0 Å². The Bertz CT molecular complexity index is 566. The van der Waals surface area contributed by atoms with Crippen LogP contribution in [0.25, 0.3) is 11.1 Å². The molecule has 0 amide bonds. The van der Waals surface area contributed by atoms with Crippen molar-refractivity contribution in [1.29, 1.82) is 0 Å². The zero-order chi connectivity index (χ0) is 11.8. The molecule has 0 unspecified atom stereocenters. The van der Waals surface area contributed by atoms with Crippen LogP contribution in [-0.4, -0.2) is 5.78 Å². The number of carbonyl (C=O) groups excluding carboxylic acids is 1. The van der Waals surface area contributed by atoms with Crippen LogP contribution >= 0.6 is 11.6 Å². The average Bonchev–Trinajstić information content (AvgIpc) is 2.75. The number of furan rings is 1. The number of hydrogen-bond acceptors (Lipinski definition) is 2. The third-order valence-corrected chi connectivity index (χ3v) is 3.36. The Morgan fingerprint density at radius 2 is 1.88 bits per heavy atom. The second kappa shape index (κ2) is 4.04. The second-order valence-electron chi connectivity index (χ2n) is 4.23. The summed E-state index contributed by atoms with van der Waals surface area (Å²) < 4.78 is 5.49. The SMILES string of the molecule is O=C1CCCc2occ(-c3ccc(Cl)cc3)c21. The van der Waals surface area contributed by atoms with Gasteiger partial charge in [-0.25, -0.2) is 0 Å². The fourth-order valence-electron chi connectivity index (χ4n) is 2.26. The number of fused-ring (bicyclic) bond motifs is 1. The van der Waals surface area contributed by atoms with Crippen molar-refractivity contribution < 1.29 is 9.21 Å². The zero-order valence-corrected chi connectivity index (χ0v) is 9.96. The van der Waals surface area contributed by atoms with Crippen molar-refractivity contribution in [3.63, 3.8) is 0 Å². The molecule has 0 radical (unpaired) electrons. The number of rotatable bonds is 1. The second-order valence-corrected chi connectivity index (χ2v) is 4.67. The lowest BCUT2D eigenvalue weighted by Crippen LogP contribution is -2.09. The van der Waals surface area contributed by atoms with Crippen LogP contribution in [0.4, 0.5) is 0 Å². The normalized spacial score (nSPS) is 14.8. The molecule has 0 aliphatic heterocycles. The first-order chi connectivity index (χ1) is 8.25. The predicted octanol–water partition coefficient (Wildman–Crippen LogP) is 4.12. The summed E-state index contributed by atoms with van der Waals surface area (Å²) >= 11 is 5.85. The zero-order valence-electron chi connectivity index (χ0n) is 9.20. The predicted molar refractivity (Wildman–Crippen MR) is 66.4 cm³/mol. The molecule has 0 saturated carbocycles. The Balaban J connectivity index is 2.12. The van der Waals surface area contributed by atoms with Gasteiger partial charge >= 0.3 is 0 Å². The molecule has 3 rings (SSSR count). The standard InChI is InChI=1S/C14H11ClO2/c15-10-6-4-9(5-7-10)11-8-17-13-3-1-2-12(16)14(11)13/h4-8H,1-3H2. The molecule has 1 aliphatic carbocycles. The molecule has 0 saturated heterocycles. The number of halogens is 1. The topological polar surface area (TPSA) is 30.2 Å². The van der Waals surface area contributed by atoms with Crippen molar-refractivity contribution in [2.45, 2.75) is 19.3 Å². The molecule has 0 fully saturated rings. The summed E-state index contributed by atoms with van der Waals surface area (Å²) in [6.07, 6.45) is 4.04. The van der Waals surface area contributed by atoms with E-state index in [1.807, 2.05) is 24.3 Å². The van der Waals surface area contributed by atoms with Gasteiger partial charge in [0, 0.05) is 23.4 Å². The van der Waals surface area contributed by atoms with E-state index in [0.29, 0.717) is 11.4 Å². The first-order valence-corrected chi connectivity index (χ1v) is 6.03. The van der Waals surface area contributed by atoms with Gasteiger partial charge in [0.2, 0.25) is 0 Å². The molecule has 0 spiro atoms. The monoisotopic (exact) mass is 246 g/mol. The van der Waals surface area contributed by atoms with Crippen molar-refractivity contribution in [1.82, 2.24) is 0 Å². The van der Waals surface area contributed by atoms with Gasteiger partial charge < -0.3 is 4.42 Å². The Labute approximate surface area is 104 Å². The van der Waals surface area contributed by atoms with Gasteiger partial charge in [-0.2, -0.15) is 0 Å². The molecule has 3 heteroatoms. The number of ketones is 1. The van der Waals surface area contributed by atoms with Crippen LogP contribution in [0.3, 0.4) is 0 Å². The van der Waals surface area contributed by atoms with E-state index in [1.165, 1.54) is 0 Å². The molecule has 0 atom stereocenters. The Kier molecular flexibility index (Phi) is 2.52. The fraction of sp³-hybridized carbons (Fsp3) is 0.214. The lowest BCUT2D eigenvalue weighted by molar-refractivity contribution is 0.0970. The Morgan fingerprint density at radius 3 is 2.65 bits per heavy atom. The number of Topliss-reactive ketones (excluding diaryl/α,β-unsaturated/α-hetero) is 1. The van der Waals surface area contributed by atoms with E-state index in [-0.39, 0.29) is 5.78 Å². The van der Waals surface area contributed by atoms with Gasteiger partial charge in [0.25, 0.3) is 0 Å². The molecule has 2 nitrogen and oxygen atoms in total. The van der Waals surface area contributed by atoms with E-state index in [2.05, 4.69) is 0 Å². The van der Waals surface area contributed by atoms with Crippen molar-refractivity contribution in [3.05, 3.63) is 46.9 Å². The highest BCUT2D eigenvalue weighted by molar-refractivity contribution is 6.30. The molecule has 2 aromatic rings. The van der Waals surface area contributed by atoms with Crippen molar-refractivity contribution in [2.75, 3.05) is 0 Å². The summed E-state index contributed by atoms with van der Waals surface area (Å²) in [6.45, 7) is 0. The van der Waals surface area contributed by atoms with E-state index in [0.717, 1.165) is 35.3 Å². The van der Waals surface area contributed by atoms with Crippen molar-refractivity contribution in [2.24, 2.45) is 0 Å². The minimum absolute atomic E-state index is 0.185. The number of aryl methyl sites for hydroxylation is 1. The average molecular weight is 247 g/mol. The highest BCUT2D eigenvalue weighted by Crippen LogP contribution is 2.33. The molecular formula is C14H11ClO2. The quantitative estimate of drug-likeness (QED) is 0.758. The van der Waals surface area contributed by atoms with Gasteiger partial charge in [0.05, 0.1) is 11.8 Å². The summed E-state index contributed by atoms with van der Waals surface area (Å²) in [6, 6.07) is 7.47. The summed E-state index contributed by atoms with van der Waals surface area (Å²) in [4.78, 5) is 11.9. The number of benzene rings is 1. The van der Waals surface area contributed by atoms with E-state index in [1.54, 1.807) is 6.26 Å². The maximum Gasteiger partial charge on any atom is 0.167 e. The van der Waals surface area contributed by atoms with Crippen LogP contribution < -0.4 is 0 Å². The minimum atomic E-state index is 0.185. The smallest absolute Gasteiger partial charge is 0.167 e. The van der Waals surface area contributed by atoms with Crippen molar-refractivity contribution in [3.8, 4) is 11.1 Å². The maximum absolute atomic E-state index is 11.9. The molecule has 17 heavy (non-hydrogen) atoms. The van der Waals surface area contributed by atoms with E-state index >= 15 is 0 Å². The third kappa shape index (κ3) is 1.79. The summed E-state index contributed by atoms with van der Waals surface area (Å²) in [7, 11) is 0. The largest absolute Gasteiger partial charge is 0.468 e. The van der Waals surface area contributed by atoms with Crippen LogP contribution in [0.5, 0.6) is 0 Å². The third-order valence-electron chi connectivity index (χ3n) is 3.11. The first-order valence-electron chi connectivity index (χ1n) is 5.65. The van der Waals surface area contributed by atoms with Gasteiger partial charge in [-0.05, 0) is 24.1 Å². The summed E-state index contributed by atoms with van der Waals surface area (Å²) in [5, 5.41) is 0.692. The van der Waals surface area contributed by atoms with E-state index in [9.17, 15) is 4.79 Å². The molecule has 1 aromatic heterocycles. The van der Waals surface area contributed by atoms with E-state index < -0.39 is 0 Å². The summed E-state index contributed by atoms with van der Waals surface area (Å²) in [5.74, 6) is 1.01. The van der Waals surface area contributed by atoms with Crippen LogP contribution in [0.15, 0.2) is 34.9 Å².